The molecule has 1 N–H and O–H groups in total. The molecule has 0 spiro atoms. The van der Waals surface area contributed by atoms with E-state index in [4.69, 9.17) is 9.47 Å². The van der Waals surface area contributed by atoms with Crippen LogP contribution in [0.5, 0.6) is 11.5 Å². The highest BCUT2D eigenvalue weighted by atomic mass is 16.5. The van der Waals surface area contributed by atoms with Crippen LogP contribution in [0.2, 0.25) is 0 Å². The third kappa shape index (κ3) is 10.5. The van der Waals surface area contributed by atoms with Gasteiger partial charge in [0, 0.05) is 5.56 Å². The Kier molecular flexibility index (Phi) is 12.6. The molecule has 0 fully saturated rings. The van der Waals surface area contributed by atoms with Gasteiger partial charge in [0.15, 0.2) is 0 Å². The second-order valence-electron chi connectivity index (χ2n) is 11.4. The molecule has 0 amide bonds. The summed E-state index contributed by atoms with van der Waals surface area (Å²) in [5.41, 5.74) is 3.55. The number of phenolic OH excluding ortho intramolecular Hbond substituents is 1. The van der Waals surface area contributed by atoms with Crippen LogP contribution < -0.4 is 4.74 Å². The largest absolute Gasteiger partial charge is 0.508 e. The van der Waals surface area contributed by atoms with E-state index in [1.165, 1.54) is 37.5 Å². The summed E-state index contributed by atoms with van der Waals surface area (Å²) in [7, 11) is 1.39. The molecule has 1 aromatic carbocycles. The zero-order valence-corrected chi connectivity index (χ0v) is 23.8. The molecular weight excluding hydrogens is 436 g/mol. The number of hydrogen-bond acceptors (Lipinski definition) is 4. The van der Waals surface area contributed by atoms with E-state index in [-0.39, 0.29) is 23.7 Å². The molecular formula is C31H50O4. The monoisotopic (exact) mass is 486 g/mol. The molecule has 0 saturated heterocycles. The number of ether oxygens (including phenoxy) is 2. The number of allylic oxidation sites excluding steroid dienone is 4. The molecule has 4 heteroatoms. The van der Waals surface area contributed by atoms with E-state index >= 15 is 0 Å². The van der Waals surface area contributed by atoms with Crippen LogP contribution in [-0.4, -0.2) is 24.8 Å². The molecule has 0 heterocycles. The molecule has 35 heavy (non-hydrogen) atoms. The first kappa shape index (κ1) is 30.8. The Morgan fingerprint density at radius 2 is 1.71 bits per heavy atom. The topological polar surface area (TPSA) is 55.8 Å². The fraction of sp³-hybridized carbons (Fsp3) is 0.645. The van der Waals surface area contributed by atoms with Crippen molar-refractivity contribution in [2.75, 3.05) is 13.7 Å². The second kappa shape index (κ2) is 14.4. The van der Waals surface area contributed by atoms with Gasteiger partial charge in [-0.25, -0.2) is 0 Å². The van der Waals surface area contributed by atoms with Crippen LogP contribution in [0.15, 0.2) is 35.4 Å². The van der Waals surface area contributed by atoms with Crippen molar-refractivity contribution in [3.63, 3.8) is 0 Å². The molecule has 0 atom stereocenters. The first-order chi connectivity index (χ1) is 16.3. The number of rotatable bonds is 15. The van der Waals surface area contributed by atoms with Gasteiger partial charge in [0.2, 0.25) is 0 Å². The summed E-state index contributed by atoms with van der Waals surface area (Å²) < 4.78 is 11.2. The van der Waals surface area contributed by atoms with Gasteiger partial charge in [-0.05, 0) is 83.4 Å². The number of phenols is 1. The van der Waals surface area contributed by atoms with Gasteiger partial charge in [-0.2, -0.15) is 0 Å². The van der Waals surface area contributed by atoms with Crippen molar-refractivity contribution in [1.29, 1.82) is 0 Å². The van der Waals surface area contributed by atoms with Crippen molar-refractivity contribution in [2.24, 2.45) is 5.41 Å². The highest BCUT2D eigenvalue weighted by Crippen LogP contribution is 2.39. The highest BCUT2D eigenvalue weighted by Gasteiger charge is 2.31. The molecule has 0 saturated carbocycles. The summed E-state index contributed by atoms with van der Waals surface area (Å²) >= 11 is 0. The zero-order valence-electron chi connectivity index (χ0n) is 23.8. The van der Waals surface area contributed by atoms with E-state index in [2.05, 4.69) is 59.8 Å². The number of hydrogen-bond donors (Lipinski definition) is 1. The number of unbranched alkanes of at least 4 members (excludes halogenated alkanes) is 3. The summed E-state index contributed by atoms with van der Waals surface area (Å²) in [6, 6.07) is 3.97. The maximum atomic E-state index is 12.2. The molecule has 1 rings (SSSR count). The van der Waals surface area contributed by atoms with Crippen LogP contribution in [0.25, 0.3) is 0 Å². The maximum absolute atomic E-state index is 12.2. The van der Waals surface area contributed by atoms with Crippen LogP contribution in [0.3, 0.4) is 0 Å². The van der Waals surface area contributed by atoms with Crippen molar-refractivity contribution in [3.05, 3.63) is 46.6 Å². The predicted octanol–water partition coefficient (Wildman–Crippen LogP) is 8.45. The second-order valence-corrected chi connectivity index (χ2v) is 11.4. The molecule has 0 unspecified atom stereocenters. The first-order valence-corrected chi connectivity index (χ1v) is 13.2. The van der Waals surface area contributed by atoms with Crippen molar-refractivity contribution in [3.8, 4) is 11.5 Å². The van der Waals surface area contributed by atoms with E-state index < -0.39 is 5.41 Å². The van der Waals surface area contributed by atoms with Crippen LogP contribution in [0.1, 0.15) is 111 Å². The number of aromatic hydroxyl groups is 1. The van der Waals surface area contributed by atoms with E-state index in [1.54, 1.807) is 0 Å². The Hall–Kier alpha value is -2.23. The van der Waals surface area contributed by atoms with Gasteiger partial charge in [0.05, 0.1) is 12.5 Å². The Balaban J connectivity index is 3.24. The molecule has 0 aliphatic carbocycles. The third-order valence-electron chi connectivity index (χ3n) is 6.69. The Labute approximate surface area is 214 Å². The van der Waals surface area contributed by atoms with Crippen molar-refractivity contribution >= 4 is 5.97 Å². The molecule has 1 aromatic rings. The summed E-state index contributed by atoms with van der Waals surface area (Å²) in [6.45, 7) is 16.8. The fourth-order valence-electron chi connectivity index (χ4n) is 4.05. The predicted molar refractivity (Wildman–Crippen MR) is 147 cm³/mol. The van der Waals surface area contributed by atoms with Gasteiger partial charge >= 0.3 is 5.97 Å². The van der Waals surface area contributed by atoms with Crippen LogP contribution in [0.4, 0.5) is 0 Å². The Bertz CT molecular complexity index is 870. The van der Waals surface area contributed by atoms with Gasteiger partial charge in [-0.3, -0.25) is 4.79 Å². The number of carbonyl (C=O) groups is 1. The molecule has 4 nitrogen and oxygen atoms in total. The van der Waals surface area contributed by atoms with Crippen molar-refractivity contribution in [1.82, 2.24) is 0 Å². The number of esters is 1. The van der Waals surface area contributed by atoms with Crippen LogP contribution >= 0.6 is 0 Å². The van der Waals surface area contributed by atoms with Gasteiger partial charge in [0.25, 0.3) is 0 Å². The fourth-order valence-corrected chi connectivity index (χ4v) is 4.05. The summed E-state index contributed by atoms with van der Waals surface area (Å²) in [5.74, 6) is 0.584. The zero-order chi connectivity index (χ0) is 26.6. The van der Waals surface area contributed by atoms with E-state index in [9.17, 15) is 9.90 Å². The lowest BCUT2D eigenvalue weighted by Gasteiger charge is -2.28. The molecule has 0 aromatic heterocycles. The summed E-state index contributed by atoms with van der Waals surface area (Å²) in [4.78, 5) is 12.2. The minimum absolute atomic E-state index is 0.0875. The molecule has 198 valence electrons. The summed E-state index contributed by atoms with van der Waals surface area (Å²) in [6.07, 6.45) is 12.9. The molecule has 0 radical (unpaired) electrons. The first-order valence-electron chi connectivity index (χ1n) is 13.2. The average Bonchev–Trinajstić information content (AvgIpc) is 2.78. The van der Waals surface area contributed by atoms with Gasteiger partial charge < -0.3 is 14.6 Å². The smallest absolute Gasteiger partial charge is 0.314 e. The Morgan fingerprint density at radius 1 is 1.03 bits per heavy atom. The van der Waals surface area contributed by atoms with Crippen LogP contribution in [-0.2, 0) is 21.4 Å². The summed E-state index contributed by atoms with van der Waals surface area (Å²) in [5, 5.41) is 11.1. The number of methoxy groups -OCH3 is 1. The standard InChI is InChI=1S/C31H50O4/c1-10-11-12-13-19-30(5,6)25-20-27(32)26(18-17-24(4)16-14-15-23(2)3)28(21-25)35-22-31(7,8)29(33)34-9/h15,17,20-21,32H,10-14,16,18-19,22H2,1-9H3/b24-17+. The van der Waals surface area contributed by atoms with E-state index in [1.807, 2.05) is 19.9 Å². The van der Waals surface area contributed by atoms with E-state index in [0.29, 0.717) is 12.2 Å². The quantitative estimate of drug-likeness (QED) is 0.153. The van der Waals surface area contributed by atoms with Gasteiger partial charge in [-0.15, -0.1) is 0 Å². The lowest BCUT2D eigenvalue weighted by molar-refractivity contribution is -0.152. The van der Waals surface area contributed by atoms with Gasteiger partial charge in [-0.1, -0.05) is 69.8 Å². The Morgan fingerprint density at radius 3 is 2.31 bits per heavy atom. The van der Waals surface area contributed by atoms with Crippen molar-refractivity contribution < 1.29 is 19.4 Å². The van der Waals surface area contributed by atoms with Crippen molar-refractivity contribution in [2.45, 2.75) is 112 Å². The minimum Gasteiger partial charge on any atom is -0.508 e. The number of benzene rings is 1. The molecule has 0 bridgehead atoms. The number of carbonyl (C=O) groups excluding carboxylic acids is 1. The third-order valence-corrected chi connectivity index (χ3v) is 6.69. The van der Waals surface area contributed by atoms with Gasteiger partial charge in [0.1, 0.15) is 18.1 Å². The molecule has 0 aliphatic heterocycles. The lowest BCUT2D eigenvalue weighted by Crippen LogP contribution is -2.32. The van der Waals surface area contributed by atoms with Crippen LogP contribution in [0, 0.1) is 5.41 Å². The minimum atomic E-state index is -0.788. The maximum Gasteiger partial charge on any atom is 0.314 e. The highest BCUT2D eigenvalue weighted by molar-refractivity contribution is 5.76. The SMILES string of the molecule is CCCCCCC(C)(C)c1cc(O)c(C/C=C(\C)CCC=C(C)C)c(OCC(C)(C)C(=O)OC)c1. The lowest BCUT2D eigenvalue weighted by atomic mass is 9.79. The molecule has 0 aliphatic rings. The normalized spacial score (nSPS) is 12.4. The average molecular weight is 487 g/mol. The van der Waals surface area contributed by atoms with E-state index in [0.717, 1.165) is 36.8 Å².